The van der Waals surface area contributed by atoms with Gasteiger partial charge < -0.3 is 4.74 Å². The molecule has 1 unspecified atom stereocenters. The van der Waals surface area contributed by atoms with Crippen molar-refractivity contribution in [1.82, 2.24) is 0 Å². The molecular formula is C17H25ClO. The highest BCUT2D eigenvalue weighted by atomic mass is 35.5. The third-order valence-electron chi connectivity index (χ3n) is 4.14. The lowest BCUT2D eigenvalue weighted by Crippen LogP contribution is -2.39. The highest BCUT2D eigenvalue weighted by Crippen LogP contribution is 2.50. The van der Waals surface area contributed by atoms with Gasteiger partial charge in [0.25, 0.3) is 0 Å². The van der Waals surface area contributed by atoms with Gasteiger partial charge in [-0.05, 0) is 42.1 Å². The number of benzene rings is 1. The monoisotopic (exact) mass is 280 g/mol. The highest BCUT2D eigenvalue weighted by molar-refractivity contribution is 6.18. The first-order valence-electron chi connectivity index (χ1n) is 7.31. The molecule has 0 heterocycles. The molecule has 1 nitrogen and oxygen atoms in total. The maximum atomic E-state index is 6.16. The van der Waals surface area contributed by atoms with Crippen LogP contribution in [0.1, 0.15) is 38.7 Å². The van der Waals surface area contributed by atoms with E-state index in [0.29, 0.717) is 11.3 Å². The molecule has 0 N–H and O–H groups in total. The van der Waals surface area contributed by atoms with Crippen LogP contribution in [-0.4, -0.2) is 12.5 Å². The van der Waals surface area contributed by atoms with Crippen LogP contribution in [0.15, 0.2) is 30.3 Å². The van der Waals surface area contributed by atoms with Crippen molar-refractivity contribution in [3.63, 3.8) is 0 Å². The number of hydrogen-bond donors (Lipinski definition) is 0. The Morgan fingerprint density at radius 2 is 2.00 bits per heavy atom. The van der Waals surface area contributed by atoms with E-state index in [1.54, 1.807) is 0 Å². The number of hydrogen-bond acceptors (Lipinski definition) is 1. The molecule has 1 saturated carbocycles. The fourth-order valence-electron chi connectivity index (χ4n) is 3.50. The molecule has 2 heteroatoms. The molecule has 2 rings (SSSR count). The average molecular weight is 281 g/mol. The molecule has 0 spiro atoms. The Kier molecular flexibility index (Phi) is 5.29. The van der Waals surface area contributed by atoms with E-state index < -0.39 is 0 Å². The second-order valence-corrected chi connectivity index (χ2v) is 6.72. The van der Waals surface area contributed by atoms with Crippen molar-refractivity contribution >= 4 is 11.6 Å². The first-order chi connectivity index (χ1) is 9.13. The number of alkyl halides is 1. The van der Waals surface area contributed by atoms with Crippen LogP contribution < -0.4 is 0 Å². The molecule has 1 aromatic carbocycles. The molecule has 106 valence electrons. The maximum Gasteiger partial charge on any atom is 0.0717 e. The zero-order chi connectivity index (χ0) is 13.7. The second-order valence-electron chi connectivity index (χ2n) is 6.46. The van der Waals surface area contributed by atoms with Crippen LogP contribution in [-0.2, 0) is 11.3 Å². The van der Waals surface area contributed by atoms with Gasteiger partial charge in [-0.3, -0.25) is 0 Å². The van der Waals surface area contributed by atoms with E-state index in [9.17, 15) is 0 Å². The van der Waals surface area contributed by atoms with Gasteiger partial charge in [-0.1, -0.05) is 44.2 Å². The number of halogens is 1. The Labute approximate surface area is 122 Å². The summed E-state index contributed by atoms with van der Waals surface area (Å²) in [7, 11) is 0. The third-order valence-corrected chi connectivity index (χ3v) is 4.71. The van der Waals surface area contributed by atoms with Gasteiger partial charge in [-0.2, -0.15) is 0 Å². The lowest BCUT2D eigenvalue weighted by molar-refractivity contribution is 0.0275. The molecule has 1 aliphatic carbocycles. The predicted molar refractivity (Wildman–Crippen MR) is 81.4 cm³/mol. The smallest absolute Gasteiger partial charge is 0.0717 e. The van der Waals surface area contributed by atoms with Crippen molar-refractivity contribution in [3.8, 4) is 0 Å². The summed E-state index contributed by atoms with van der Waals surface area (Å²) in [6.07, 6.45) is 3.79. The quantitative estimate of drug-likeness (QED) is 0.647. The Balaban J connectivity index is 1.69. The molecule has 0 amide bonds. The minimum Gasteiger partial charge on any atom is -0.376 e. The Morgan fingerprint density at radius 3 is 2.58 bits per heavy atom. The Morgan fingerprint density at radius 1 is 1.32 bits per heavy atom. The van der Waals surface area contributed by atoms with E-state index in [-0.39, 0.29) is 0 Å². The summed E-state index contributed by atoms with van der Waals surface area (Å²) in [6.45, 7) is 6.15. The lowest BCUT2D eigenvalue weighted by atomic mass is 9.60. The van der Waals surface area contributed by atoms with E-state index in [1.807, 2.05) is 6.07 Å². The topological polar surface area (TPSA) is 9.23 Å². The van der Waals surface area contributed by atoms with Crippen LogP contribution in [0.4, 0.5) is 0 Å². The van der Waals surface area contributed by atoms with E-state index >= 15 is 0 Å². The van der Waals surface area contributed by atoms with Gasteiger partial charge in [0.2, 0.25) is 0 Å². The molecule has 0 radical (unpaired) electrons. The molecule has 19 heavy (non-hydrogen) atoms. The number of rotatable bonds is 7. The summed E-state index contributed by atoms with van der Waals surface area (Å²) in [5.74, 6) is 2.26. The van der Waals surface area contributed by atoms with Gasteiger partial charge >= 0.3 is 0 Å². The van der Waals surface area contributed by atoms with Gasteiger partial charge in [0, 0.05) is 12.5 Å². The maximum absolute atomic E-state index is 6.16. The fourth-order valence-corrected chi connectivity index (χ4v) is 3.83. The van der Waals surface area contributed by atoms with Crippen molar-refractivity contribution in [1.29, 1.82) is 0 Å². The van der Waals surface area contributed by atoms with E-state index in [2.05, 4.69) is 38.1 Å². The van der Waals surface area contributed by atoms with Crippen LogP contribution >= 0.6 is 11.6 Å². The van der Waals surface area contributed by atoms with E-state index in [1.165, 1.54) is 24.8 Å². The highest BCUT2D eigenvalue weighted by Gasteiger charge is 2.41. The zero-order valence-corrected chi connectivity index (χ0v) is 12.8. The van der Waals surface area contributed by atoms with E-state index in [0.717, 1.165) is 25.0 Å². The molecule has 1 atom stereocenters. The third kappa shape index (κ3) is 4.22. The molecule has 1 aromatic rings. The van der Waals surface area contributed by atoms with Gasteiger partial charge in [-0.15, -0.1) is 11.6 Å². The zero-order valence-electron chi connectivity index (χ0n) is 12.1. The molecule has 1 aliphatic rings. The molecule has 1 fully saturated rings. The summed E-state index contributed by atoms with van der Waals surface area (Å²) in [4.78, 5) is 0. The van der Waals surface area contributed by atoms with Gasteiger partial charge in [0.15, 0.2) is 0 Å². The first kappa shape index (κ1) is 14.9. The van der Waals surface area contributed by atoms with E-state index in [4.69, 9.17) is 16.3 Å². The SMILES string of the molecule is CC(COCc1ccccc1)CC1(CCl)CC(C)C1. The Hall–Kier alpha value is -0.530. The molecule has 0 aromatic heterocycles. The minimum absolute atomic E-state index is 0.399. The standard InChI is InChI=1S/C17H25ClO/c1-14-8-17(9-14,13-18)10-15(2)11-19-12-16-6-4-3-5-7-16/h3-7,14-15H,8-13H2,1-2H3. The summed E-state index contributed by atoms with van der Waals surface area (Å²) in [6, 6.07) is 10.4. The first-order valence-corrected chi connectivity index (χ1v) is 7.85. The average Bonchev–Trinajstić information content (AvgIpc) is 2.37. The molecule has 0 aliphatic heterocycles. The lowest BCUT2D eigenvalue weighted by Gasteiger charge is -2.47. The van der Waals surface area contributed by atoms with Crippen molar-refractivity contribution < 1.29 is 4.74 Å². The van der Waals surface area contributed by atoms with Crippen molar-refractivity contribution in [3.05, 3.63) is 35.9 Å². The van der Waals surface area contributed by atoms with Crippen molar-refractivity contribution in [2.24, 2.45) is 17.3 Å². The molecular weight excluding hydrogens is 256 g/mol. The largest absolute Gasteiger partial charge is 0.376 e. The summed E-state index contributed by atoms with van der Waals surface area (Å²) in [5.41, 5.74) is 1.65. The van der Waals surface area contributed by atoms with Crippen LogP contribution in [0.3, 0.4) is 0 Å². The second kappa shape index (κ2) is 6.76. The van der Waals surface area contributed by atoms with Gasteiger partial charge in [0.05, 0.1) is 6.61 Å². The van der Waals surface area contributed by atoms with Crippen LogP contribution in [0.5, 0.6) is 0 Å². The number of ether oxygens (including phenoxy) is 1. The van der Waals surface area contributed by atoms with Crippen LogP contribution in [0, 0.1) is 17.3 Å². The fraction of sp³-hybridized carbons (Fsp3) is 0.647. The van der Waals surface area contributed by atoms with Crippen molar-refractivity contribution in [2.45, 2.75) is 39.7 Å². The van der Waals surface area contributed by atoms with Crippen LogP contribution in [0.25, 0.3) is 0 Å². The summed E-state index contributed by atoms with van der Waals surface area (Å²) in [5, 5.41) is 0. The van der Waals surface area contributed by atoms with Gasteiger partial charge in [-0.25, -0.2) is 0 Å². The van der Waals surface area contributed by atoms with Crippen molar-refractivity contribution in [2.75, 3.05) is 12.5 Å². The summed E-state index contributed by atoms with van der Waals surface area (Å²) < 4.78 is 5.82. The Bertz CT molecular complexity index is 370. The van der Waals surface area contributed by atoms with Crippen LogP contribution in [0.2, 0.25) is 0 Å². The predicted octanol–water partition coefficient (Wildman–Crippen LogP) is 4.88. The van der Waals surface area contributed by atoms with Gasteiger partial charge in [0.1, 0.15) is 0 Å². The summed E-state index contributed by atoms with van der Waals surface area (Å²) >= 11 is 6.16. The molecule has 0 bridgehead atoms. The molecule has 0 saturated heterocycles. The normalized spacial score (nSPS) is 27.8. The minimum atomic E-state index is 0.399.